The van der Waals surface area contributed by atoms with Crippen molar-refractivity contribution in [1.29, 1.82) is 0 Å². The maximum Gasteiger partial charge on any atom is 0.251 e. The number of carbonyl (C=O) groups excluding carboxylic acids is 1. The zero-order valence-electron chi connectivity index (χ0n) is 16.2. The molecular weight excluding hydrogens is 352 g/mol. The molecule has 1 aliphatic rings. The van der Waals surface area contributed by atoms with Gasteiger partial charge in [0.05, 0.1) is 24.5 Å². The highest BCUT2D eigenvalue weighted by Crippen LogP contribution is 2.29. The minimum Gasteiger partial charge on any atom is -0.481 e. The van der Waals surface area contributed by atoms with Gasteiger partial charge in [0, 0.05) is 29.6 Å². The van der Waals surface area contributed by atoms with Crippen LogP contribution in [0.2, 0.25) is 0 Å². The smallest absolute Gasteiger partial charge is 0.251 e. The van der Waals surface area contributed by atoms with E-state index in [2.05, 4.69) is 10.3 Å². The van der Waals surface area contributed by atoms with Crippen LogP contribution in [0.25, 0.3) is 5.69 Å². The predicted molar refractivity (Wildman–Crippen MR) is 107 cm³/mol. The first-order valence-electron chi connectivity index (χ1n) is 9.60. The quantitative estimate of drug-likeness (QED) is 0.704. The number of nitrogens with zero attached hydrogens (tertiary/aromatic N) is 3. The molecule has 2 heterocycles. The van der Waals surface area contributed by atoms with Crippen molar-refractivity contribution in [1.82, 2.24) is 20.1 Å². The number of methoxy groups -OCH3 is 1. The lowest BCUT2D eigenvalue weighted by Crippen LogP contribution is -2.28. The summed E-state index contributed by atoms with van der Waals surface area (Å²) in [5.41, 5.74) is 4.80. The molecular formula is C22H24N4O2. The average Bonchev–Trinajstić information content (AvgIpc) is 3.06. The fourth-order valence-electron chi connectivity index (χ4n) is 3.67. The lowest BCUT2D eigenvalue weighted by atomic mass is 10.0. The van der Waals surface area contributed by atoms with E-state index in [0.717, 1.165) is 48.2 Å². The van der Waals surface area contributed by atoms with E-state index in [4.69, 9.17) is 9.84 Å². The SMILES string of the molecule is COc1cc(-n2cc3c(n2)CCCCC3NC(=O)c2cccc(C)c2)ccn1. The largest absolute Gasteiger partial charge is 0.481 e. The Labute approximate surface area is 164 Å². The molecule has 0 saturated heterocycles. The van der Waals surface area contributed by atoms with Gasteiger partial charge in [0.25, 0.3) is 5.91 Å². The van der Waals surface area contributed by atoms with E-state index < -0.39 is 0 Å². The van der Waals surface area contributed by atoms with Gasteiger partial charge in [-0.3, -0.25) is 4.79 Å². The maximum atomic E-state index is 12.8. The molecule has 0 fully saturated rings. The molecule has 0 bridgehead atoms. The Bertz CT molecular complexity index is 996. The average molecular weight is 376 g/mol. The zero-order chi connectivity index (χ0) is 19.5. The van der Waals surface area contributed by atoms with Crippen LogP contribution in [-0.4, -0.2) is 27.8 Å². The van der Waals surface area contributed by atoms with E-state index in [1.165, 1.54) is 0 Å². The Morgan fingerprint density at radius 3 is 2.96 bits per heavy atom. The van der Waals surface area contributed by atoms with E-state index in [-0.39, 0.29) is 11.9 Å². The van der Waals surface area contributed by atoms with Crippen LogP contribution in [0, 0.1) is 6.92 Å². The van der Waals surface area contributed by atoms with Crippen molar-refractivity contribution in [3.63, 3.8) is 0 Å². The van der Waals surface area contributed by atoms with Crippen molar-refractivity contribution in [2.45, 2.75) is 38.6 Å². The number of aryl methyl sites for hydroxylation is 2. The van der Waals surface area contributed by atoms with Gasteiger partial charge in [-0.25, -0.2) is 9.67 Å². The van der Waals surface area contributed by atoms with Gasteiger partial charge in [-0.15, -0.1) is 0 Å². The first kappa shape index (κ1) is 18.2. The topological polar surface area (TPSA) is 69.0 Å². The van der Waals surface area contributed by atoms with Gasteiger partial charge in [-0.1, -0.05) is 24.1 Å². The summed E-state index contributed by atoms with van der Waals surface area (Å²) >= 11 is 0. The fraction of sp³-hybridized carbons (Fsp3) is 0.318. The summed E-state index contributed by atoms with van der Waals surface area (Å²) in [4.78, 5) is 16.9. The number of nitrogens with one attached hydrogen (secondary N) is 1. The molecule has 2 aromatic heterocycles. The highest BCUT2D eigenvalue weighted by atomic mass is 16.5. The second-order valence-electron chi connectivity index (χ2n) is 7.17. The van der Waals surface area contributed by atoms with Crippen LogP contribution < -0.4 is 10.1 Å². The molecule has 1 aromatic carbocycles. The number of carbonyl (C=O) groups is 1. The number of hydrogen-bond acceptors (Lipinski definition) is 4. The minimum atomic E-state index is -0.0418. The summed E-state index contributed by atoms with van der Waals surface area (Å²) in [7, 11) is 1.60. The first-order valence-corrected chi connectivity index (χ1v) is 9.60. The van der Waals surface area contributed by atoms with E-state index in [9.17, 15) is 4.79 Å². The second kappa shape index (κ2) is 7.84. The number of fused-ring (bicyclic) bond motifs is 1. The van der Waals surface area contributed by atoms with Crippen LogP contribution in [0.1, 0.15) is 52.5 Å². The Hall–Kier alpha value is -3.15. The molecule has 4 rings (SSSR count). The van der Waals surface area contributed by atoms with Gasteiger partial charge < -0.3 is 10.1 Å². The molecule has 6 nitrogen and oxygen atoms in total. The zero-order valence-corrected chi connectivity index (χ0v) is 16.2. The summed E-state index contributed by atoms with van der Waals surface area (Å²) in [6.45, 7) is 1.99. The highest BCUT2D eigenvalue weighted by molar-refractivity contribution is 5.94. The fourth-order valence-corrected chi connectivity index (χ4v) is 3.67. The summed E-state index contributed by atoms with van der Waals surface area (Å²) < 4.78 is 7.07. The van der Waals surface area contributed by atoms with Crippen molar-refractivity contribution in [3.05, 3.63) is 71.2 Å². The Morgan fingerprint density at radius 2 is 2.14 bits per heavy atom. The van der Waals surface area contributed by atoms with Crippen LogP contribution >= 0.6 is 0 Å². The third kappa shape index (κ3) is 3.76. The van der Waals surface area contributed by atoms with Crippen molar-refractivity contribution < 1.29 is 9.53 Å². The van der Waals surface area contributed by atoms with Crippen molar-refractivity contribution >= 4 is 5.91 Å². The van der Waals surface area contributed by atoms with Crippen molar-refractivity contribution in [3.8, 4) is 11.6 Å². The van der Waals surface area contributed by atoms with Crippen molar-refractivity contribution in [2.75, 3.05) is 7.11 Å². The van der Waals surface area contributed by atoms with E-state index >= 15 is 0 Å². The van der Waals surface area contributed by atoms with Crippen LogP contribution in [0.15, 0.2) is 48.8 Å². The highest BCUT2D eigenvalue weighted by Gasteiger charge is 2.24. The number of aromatic nitrogens is 3. The molecule has 3 aromatic rings. The van der Waals surface area contributed by atoms with E-state index in [1.54, 1.807) is 13.3 Å². The molecule has 1 aliphatic carbocycles. The summed E-state index contributed by atoms with van der Waals surface area (Å²) in [5.74, 6) is 0.507. The molecule has 144 valence electrons. The van der Waals surface area contributed by atoms with Gasteiger partial charge in [-0.05, 0) is 44.4 Å². The standard InChI is InChI=1S/C22H24N4O2/c1-15-6-5-7-16(12-15)22(27)24-19-8-3-4-9-20-18(19)14-26(25-20)17-10-11-23-21(13-17)28-2/h5-7,10-14,19H,3-4,8-9H2,1-2H3,(H,24,27). The predicted octanol–water partition coefficient (Wildman–Crippen LogP) is 3.78. The van der Waals surface area contributed by atoms with Gasteiger partial charge in [0.15, 0.2) is 0 Å². The molecule has 1 unspecified atom stereocenters. The number of amides is 1. The number of hydrogen-bond donors (Lipinski definition) is 1. The lowest BCUT2D eigenvalue weighted by Gasteiger charge is -2.17. The van der Waals surface area contributed by atoms with Crippen molar-refractivity contribution in [2.24, 2.45) is 0 Å². The molecule has 0 saturated carbocycles. The number of pyridine rings is 1. The van der Waals surface area contributed by atoms with Gasteiger partial charge in [0.2, 0.25) is 5.88 Å². The monoisotopic (exact) mass is 376 g/mol. The second-order valence-corrected chi connectivity index (χ2v) is 7.17. The van der Waals surface area contributed by atoms with Crippen LogP contribution in [0.3, 0.4) is 0 Å². The minimum absolute atomic E-state index is 0.0389. The van der Waals surface area contributed by atoms with Gasteiger partial charge in [-0.2, -0.15) is 5.10 Å². The van der Waals surface area contributed by atoms with Crippen LogP contribution in [-0.2, 0) is 6.42 Å². The summed E-state index contributed by atoms with van der Waals surface area (Å²) in [5, 5.41) is 8.00. The molecule has 6 heteroatoms. The lowest BCUT2D eigenvalue weighted by molar-refractivity contribution is 0.0934. The Kier molecular flexibility index (Phi) is 5.10. The number of rotatable bonds is 4. The van der Waals surface area contributed by atoms with E-state index in [0.29, 0.717) is 11.4 Å². The maximum absolute atomic E-state index is 12.8. The number of ether oxygens (including phenoxy) is 1. The molecule has 1 N–H and O–H groups in total. The van der Waals surface area contributed by atoms with E-state index in [1.807, 2.05) is 54.2 Å². The molecule has 0 aliphatic heterocycles. The normalized spacial score (nSPS) is 16.1. The van der Waals surface area contributed by atoms with Crippen LogP contribution in [0.4, 0.5) is 0 Å². The molecule has 0 radical (unpaired) electrons. The molecule has 1 amide bonds. The Balaban J connectivity index is 1.62. The molecule has 1 atom stereocenters. The first-order chi connectivity index (χ1) is 13.6. The number of benzene rings is 1. The molecule has 28 heavy (non-hydrogen) atoms. The third-order valence-corrected chi connectivity index (χ3v) is 5.13. The summed E-state index contributed by atoms with van der Waals surface area (Å²) in [6, 6.07) is 11.4. The third-order valence-electron chi connectivity index (χ3n) is 5.13. The Morgan fingerprint density at radius 1 is 1.25 bits per heavy atom. The van der Waals surface area contributed by atoms with Gasteiger partial charge >= 0.3 is 0 Å². The summed E-state index contributed by atoms with van der Waals surface area (Å²) in [6.07, 6.45) is 7.70. The van der Waals surface area contributed by atoms with Gasteiger partial charge in [0.1, 0.15) is 0 Å². The van der Waals surface area contributed by atoms with Crippen LogP contribution in [0.5, 0.6) is 5.88 Å². The molecule has 0 spiro atoms.